The number of hydrogen-bond acceptors (Lipinski definition) is 7. The maximum atomic E-state index is 14.4. The van der Waals surface area contributed by atoms with E-state index in [-0.39, 0.29) is 6.04 Å². The molecule has 9 nitrogen and oxygen atoms in total. The Morgan fingerprint density at radius 1 is 1.11 bits per heavy atom. The Labute approximate surface area is 216 Å². The summed E-state index contributed by atoms with van der Waals surface area (Å²) in [6.07, 6.45) is 4.88. The highest BCUT2D eigenvalue weighted by molar-refractivity contribution is 8.04. The average molecular weight is 514 g/mol. The molecular formula is C27H23N5O4S. The van der Waals surface area contributed by atoms with Gasteiger partial charge in [-0.1, -0.05) is 30.3 Å². The number of ether oxygens (including phenoxy) is 2. The lowest BCUT2D eigenvalue weighted by molar-refractivity contribution is -0.123. The van der Waals surface area contributed by atoms with E-state index in [4.69, 9.17) is 9.47 Å². The number of nitriles is 1. The zero-order valence-corrected chi connectivity index (χ0v) is 21.1. The van der Waals surface area contributed by atoms with Crippen LogP contribution in [0.4, 0.5) is 0 Å². The van der Waals surface area contributed by atoms with Gasteiger partial charge in [-0.05, 0) is 68.0 Å². The highest BCUT2D eigenvalue weighted by Crippen LogP contribution is 2.71. The van der Waals surface area contributed by atoms with Gasteiger partial charge in [0.05, 0.1) is 18.2 Å². The number of likely N-dealkylation sites (tertiary alicyclic amines) is 1. The summed E-state index contributed by atoms with van der Waals surface area (Å²) >= 11 is 0.970. The van der Waals surface area contributed by atoms with Crippen LogP contribution in [0.2, 0.25) is 0 Å². The maximum Gasteiger partial charge on any atom is 0.353 e. The maximum absolute atomic E-state index is 14.4. The quantitative estimate of drug-likeness (QED) is 0.390. The third-order valence-electron chi connectivity index (χ3n) is 9.39. The Bertz CT molecular complexity index is 1720. The second kappa shape index (κ2) is 6.60. The number of methoxy groups -OCH3 is 1. The summed E-state index contributed by atoms with van der Waals surface area (Å²) in [5.41, 5.74) is 0.342. The van der Waals surface area contributed by atoms with Crippen LogP contribution in [0.1, 0.15) is 17.5 Å². The molecule has 2 aliphatic carbocycles. The zero-order chi connectivity index (χ0) is 25.3. The number of thiocyanates is 1. The number of hydrogen-bond donors (Lipinski definition) is 0. The minimum absolute atomic E-state index is 0.0872. The monoisotopic (exact) mass is 513 g/mol. The van der Waals surface area contributed by atoms with Crippen LogP contribution in [0.5, 0.6) is 11.5 Å². The third kappa shape index (κ3) is 2.02. The SMILES string of the molecule is COc1ccc2c3c1O[C@H]1C4(SC#N)C=CC5([C@@H](C2)N(C)CC[C@]315)n1c(=O)n(-c2ccccc2)c(=O)n14. The lowest BCUT2D eigenvalue weighted by Crippen LogP contribution is -2.83. The van der Waals surface area contributed by atoms with Crippen molar-refractivity contribution in [3.63, 3.8) is 0 Å². The topological polar surface area (TPSA) is 94.4 Å². The molecule has 9 rings (SSSR count). The second-order valence-corrected chi connectivity index (χ2v) is 11.6. The number of para-hydroxylation sites is 1. The molecule has 3 aromatic rings. The van der Waals surface area contributed by atoms with E-state index in [2.05, 4.69) is 29.5 Å². The molecule has 0 N–H and O–H groups in total. The number of piperidine rings is 1. The number of thioether (sulfide) groups is 1. The molecule has 5 atom stereocenters. The summed E-state index contributed by atoms with van der Waals surface area (Å²) in [6.45, 7) is 0.807. The van der Waals surface area contributed by atoms with E-state index in [0.717, 1.165) is 23.9 Å². The lowest BCUT2D eigenvalue weighted by Gasteiger charge is -2.68. The van der Waals surface area contributed by atoms with Gasteiger partial charge in [0.2, 0.25) is 0 Å². The van der Waals surface area contributed by atoms with E-state index in [1.54, 1.807) is 23.9 Å². The van der Waals surface area contributed by atoms with Gasteiger partial charge in [-0.2, -0.15) is 5.26 Å². The van der Waals surface area contributed by atoms with E-state index < -0.39 is 33.3 Å². The molecule has 0 amide bonds. The van der Waals surface area contributed by atoms with E-state index in [0.29, 0.717) is 30.0 Å². The van der Waals surface area contributed by atoms with Gasteiger partial charge in [0.1, 0.15) is 10.9 Å². The van der Waals surface area contributed by atoms with E-state index >= 15 is 0 Å². The first-order chi connectivity index (χ1) is 18.0. The van der Waals surface area contributed by atoms with Crippen LogP contribution in [0.25, 0.3) is 5.69 Å². The minimum Gasteiger partial charge on any atom is -0.493 e. The highest BCUT2D eigenvalue weighted by Gasteiger charge is 2.80. The van der Waals surface area contributed by atoms with Gasteiger partial charge < -0.3 is 14.4 Å². The fourth-order valence-electron chi connectivity index (χ4n) is 8.11. The average Bonchev–Trinajstić information content (AvgIpc) is 3.41. The molecule has 6 aliphatic rings. The van der Waals surface area contributed by atoms with Crippen LogP contribution in [-0.2, 0) is 22.2 Å². The fraction of sp³-hybridized carbons (Fsp3) is 0.370. The number of aromatic nitrogens is 3. The summed E-state index contributed by atoms with van der Waals surface area (Å²) in [4.78, 5) is 29.7. The number of benzene rings is 2. The molecule has 0 saturated carbocycles. The Morgan fingerprint density at radius 2 is 1.89 bits per heavy atom. The second-order valence-electron chi connectivity index (χ2n) is 10.5. The van der Waals surface area contributed by atoms with Crippen molar-refractivity contribution in [2.45, 2.75) is 40.8 Å². The normalized spacial score (nSPS) is 33.4. The molecule has 186 valence electrons. The molecule has 4 bridgehead atoms. The van der Waals surface area contributed by atoms with Crippen molar-refractivity contribution in [2.24, 2.45) is 0 Å². The van der Waals surface area contributed by atoms with E-state index in [9.17, 15) is 14.9 Å². The fourth-order valence-corrected chi connectivity index (χ4v) is 8.99. The molecule has 4 aliphatic heterocycles. The number of rotatable bonds is 3. The highest BCUT2D eigenvalue weighted by atomic mass is 32.2. The van der Waals surface area contributed by atoms with Crippen LogP contribution >= 0.6 is 11.8 Å². The predicted octanol–water partition coefficient (Wildman–Crippen LogP) is 1.91. The van der Waals surface area contributed by atoms with Crippen LogP contribution in [0, 0.1) is 10.7 Å². The summed E-state index contributed by atoms with van der Waals surface area (Å²) < 4.78 is 17.0. The minimum atomic E-state index is -1.23. The van der Waals surface area contributed by atoms with Crippen LogP contribution in [0.3, 0.4) is 0 Å². The van der Waals surface area contributed by atoms with Crippen LogP contribution < -0.4 is 20.9 Å². The molecule has 2 spiro atoms. The van der Waals surface area contributed by atoms with Crippen LogP contribution in [0.15, 0.2) is 64.2 Å². The lowest BCUT2D eigenvalue weighted by atomic mass is 9.48. The summed E-state index contributed by atoms with van der Waals surface area (Å²) in [5.74, 6) is 1.30. The number of nitrogens with zero attached hydrogens (tertiary/aromatic N) is 5. The molecule has 37 heavy (non-hydrogen) atoms. The summed E-state index contributed by atoms with van der Waals surface area (Å²) in [6, 6.07) is 12.9. The first-order valence-electron chi connectivity index (χ1n) is 12.3. The van der Waals surface area contributed by atoms with Gasteiger partial charge in [0.25, 0.3) is 0 Å². The van der Waals surface area contributed by atoms with Gasteiger partial charge in [-0.25, -0.2) is 23.5 Å². The predicted molar refractivity (Wildman–Crippen MR) is 136 cm³/mol. The van der Waals surface area contributed by atoms with Crippen molar-refractivity contribution >= 4 is 11.8 Å². The Balaban J connectivity index is 1.57. The van der Waals surface area contributed by atoms with Gasteiger partial charge in [-0.3, -0.25) is 0 Å². The van der Waals surface area contributed by atoms with Gasteiger partial charge in [0, 0.05) is 11.6 Å². The van der Waals surface area contributed by atoms with Crippen molar-refractivity contribution in [2.75, 3.05) is 20.7 Å². The molecule has 5 heterocycles. The van der Waals surface area contributed by atoms with Crippen molar-refractivity contribution in [3.05, 3.63) is 86.7 Å². The van der Waals surface area contributed by atoms with Gasteiger partial charge in [-0.15, -0.1) is 0 Å². The van der Waals surface area contributed by atoms with Crippen molar-refractivity contribution in [3.8, 4) is 22.6 Å². The van der Waals surface area contributed by atoms with Crippen molar-refractivity contribution in [1.82, 2.24) is 18.8 Å². The van der Waals surface area contributed by atoms with Gasteiger partial charge >= 0.3 is 11.4 Å². The molecule has 2 aromatic carbocycles. The standard InChI is InChI=1S/C27H23N5O4S/c1-29-13-12-25-20-16-8-9-18(35-2)21(20)36-22(25)27(37-15-28)11-10-26(25,19(29)14-16)31-23(33)30(24(34)32(27)31)17-6-4-3-5-7-17/h3-11,19,22H,12-14H2,1-2H3/t19-,22-,25+,26?,27?/m1/s1. The third-order valence-corrected chi connectivity index (χ3v) is 10.3. The Hall–Kier alpha value is -3.68. The summed E-state index contributed by atoms with van der Waals surface area (Å²) in [5, 5.41) is 12.3. The van der Waals surface area contributed by atoms with Crippen LogP contribution in [-0.4, -0.2) is 51.7 Å². The van der Waals surface area contributed by atoms with Gasteiger partial charge in [0.15, 0.2) is 22.5 Å². The molecular weight excluding hydrogens is 490 g/mol. The molecule has 2 unspecified atom stereocenters. The molecule has 10 heteroatoms. The summed E-state index contributed by atoms with van der Waals surface area (Å²) in [7, 11) is 3.71. The number of likely N-dealkylation sites (N-methyl/N-ethyl adjacent to an activating group) is 1. The smallest absolute Gasteiger partial charge is 0.353 e. The largest absolute Gasteiger partial charge is 0.493 e. The zero-order valence-electron chi connectivity index (χ0n) is 20.2. The molecule has 1 fully saturated rings. The Kier molecular flexibility index (Phi) is 3.82. The van der Waals surface area contributed by atoms with E-state index in [1.807, 2.05) is 30.3 Å². The molecule has 1 aromatic heterocycles. The first-order valence-corrected chi connectivity index (χ1v) is 13.2. The van der Waals surface area contributed by atoms with Crippen molar-refractivity contribution < 1.29 is 9.47 Å². The van der Waals surface area contributed by atoms with E-state index in [1.165, 1.54) is 14.8 Å². The Morgan fingerprint density at radius 3 is 2.65 bits per heavy atom. The molecule has 0 radical (unpaired) electrons. The first kappa shape index (κ1) is 21.4. The molecule has 1 saturated heterocycles. The van der Waals surface area contributed by atoms with Crippen molar-refractivity contribution in [1.29, 1.82) is 5.26 Å².